The number of halogens is 5. The number of hydrogen-bond acceptors (Lipinski definition) is 3. The van der Waals surface area contributed by atoms with Crippen molar-refractivity contribution in [3.05, 3.63) is 29.1 Å². The minimum atomic E-state index is -2.21. The van der Waals surface area contributed by atoms with Crippen LogP contribution in [-0.4, -0.2) is 43.3 Å². The lowest BCUT2D eigenvalue weighted by molar-refractivity contribution is 0.148. The Morgan fingerprint density at radius 2 is 1.37 bits per heavy atom. The van der Waals surface area contributed by atoms with E-state index in [1.807, 2.05) is 5.32 Å². The van der Waals surface area contributed by atoms with E-state index in [2.05, 4.69) is 0 Å². The third kappa shape index (κ3) is 3.54. The predicted octanol–water partition coefficient (Wildman–Crippen LogP) is 1.72. The van der Waals surface area contributed by atoms with Crippen LogP contribution in [0.15, 0.2) is 0 Å². The molecule has 0 spiro atoms. The predicted molar refractivity (Wildman–Crippen MR) is 59.3 cm³/mol. The second kappa shape index (κ2) is 6.16. The second-order valence-corrected chi connectivity index (χ2v) is 4.24. The molecular formula is C11H13F5N2O. The van der Waals surface area contributed by atoms with Crippen LogP contribution in [0.1, 0.15) is 0 Å². The fourth-order valence-electron chi connectivity index (χ4n) is 1.47. The number of aliphatic hydroxyl groups excluding tert-OH is 1. The molecule has 1 aromatic rings. The number of likely N-dealkylation sites (N-methyl/N-ethyl adjacent to an activating group) is 1. The first-order valence-corrected chi connectivity index (χ1v) is 5.33. The van der Waals surface area contributed by atoms with Gasteiger partial charge in [-0.05, 0) is 14.1 Å². The molecule has 2 N–H and O–H groups in total. The molecule has 108 valence electrons. The third-order valence-electron chi connectivity index (χ3n) is 2.30. The van der Waals surface area contributed by atoms with Crippen molar-refractivity contribution in [2.75, 3.05) is 32.5 Å². The molecule has 0 aromatic heterocycles. The zero-order valence-corrected chi connectivity index (χ0v) is 10.3. The van der Waals surface area contributed by atoms with Gasteiger partial charge in [0.05, 0.1) is 6.10 Å². The maximum Gasteiger partial charge on any atom is 0.200 e. The van der Waals surface area contributed by atoms with Gasteiger partial charge in [-0.1, -0.05) is 0 Å². The Morgan fingerprint density at radius 3 is 1.79 bits per heavy atom. The highest BCUT2D eigenvalue weighted by Gasteiger charge is 2.25. The Bertz CT molecular complexity index is 438. The molecular weight excluding hydrogens is 271 g/mol. The Labute approximate surface area is 106 Å². The molecule has 1 atom stereocenters. The summed E-state index contributed by atoms with van der Waals surface area (Å²) in [5.74, 6) is -10.2. The third-order valence-corrected chi connectivity index (χ3v) is 2.30. The number of aliphatic hydroxyl groups is 1. The Morgan fingerprint density at radius 1 is 0.947 bits per heavy atom. The van der Waals surface area contributed by atoms with E-state index in [0.29, 0.717) is 0 Å². The van der Waals surface area contributed by atoms with E-state index < -0.39 is 40.9 Å². The van der Waals surface area contributed by atoms with Gasteiger partial charge in [-0.2, -0.15) is 0 Å². The van der Waals surface area contributed by atoms with Crippen LogP contribution in [0.2, 0.25) is 0 Å². The van der Waals surface area contributed by atoms with Gasteiger partial charge >= 0.3 is 0 Å². The van der Waals surface area contributed by atoms with Crippen molar-refractivity contribution < 1.29 is 27.1 Å². The smallest absolute Gasteiger partial charge is 0.200 e. The minimum Gasteiger partial charge on any atom is -0.390 e. The van der Waals surface area contributed by atoms with Gasteiger partial charge in [0.1, 0.15) is 5.69 Å². The SMILES string of the molecule is CN(C)CC(O)CNc1c(F)c(F)c(F)c(F)c1F. The van der Waals surface area contributed by atoms with E-state index in [4.69, 9.17) is 0 Å². The zero-order chi connectivity index (χ0) is 14.7. The van der Waals surface area contributed by atoms with E-state index >= 15 is 0 Å². The summed E-state index contributed by atoms with van der Waals surface area (Å²) in [5.41, 5.74) is -1.14. The van der Waals surface area contributed by atoms with Gasteiger partial charge in [0.15, 0.2) is 23.3 Å². The minimum absolute atomic E-state index is 0.169. The average Bonchev–Trinajstić information content (AvgIpc) is 2.33. The van der Waals surface area contributed by atoms with Crippen molar-refractivity contribution >= 4 is 5.69 Å². The highest BCUT2D eigenvalue weighted by Crippen LogP contribution is 2.26. The van der Waals surface area contributed by atoms with Crippen molar-refractivity contribution in [1.29, 1.82) is 0 Å². The first-order valence-electron chi connectivity index (χ1n) is 5.33. The lowest BCUT2D eigenvalue weighted by atomic mass is 10.2. The van der Waals surface area contributed by atoms with Crippen molar-refractivity contribution in [2.24, 2.45) is 0 Å². The summed E-state index contributed by atoms with van der Waals surface area (Å²) in [4.78, 5) is 1.60. The Hall–Kier alpha value is -1.41. The average molecular weight is 284 g/mol. The number of hydrogen-bond donors (Lipinski definition) is 2. The summed E-state index contributed by atoms with van der Waals surface area (Å²) in [6, 6.07) is 0. The van der Waals surface area contributed by atoms with Gasteiger partial charge in [0.25, 0.3) is 0 Å². The van der Waals surface area contributed by atoms with E-state index in [1.165, 1.54) is 0 Å². The van der Waals surface area contributed by atoms with Crippen LogP contribution in [0.3, 0.4) is 0 Å². The largest absolute Gasteiger partial charge is 0.390 e. The first-order chi connectivity index (χ1) is 8.75. The second-order valence-electron chi connectivity index (χ2n) is 4.24. The normalized spacial score (nSPS) is 12.9. The van der Waals surface area contributed by atoms with E-state index in [-0.39, 0.29) is 13.1 Å². The monoisotopic (exact) mass is 284 g/mol. The van der Waals surface area contributed by atoms with Crippen molar-refractivity contribution in [2.45, 2.75) is 6.10 Å². The standard InChI is InChI=1S/C11H13F5N2O/c1-18(2)4-5(19)3-17-11-9(15)7(13)6(12)8(14)10(11)16/h5,17,19H,3-4H2,1-2H3. The van der Waals surface area contributed by atoms with Crippen LogP contribution < -0.4 is 5.32 Å². The molecule has 8 heteroatoms. The quantitative estimate of drug-likeness (QED) is 0.491. The number of nitrogens with zero attached hydrogens (tertiary/aromatic N) is 1. The zero-order valence-electron chi connectivity index (χ0n) is 10.3. The van der Waals surface area contributed by atoms with Crippen molar-refractivity contribution in [3.63, 3.8) is 0 Å². The molecule has 0 amide bonds. The van der Waals surface area contributed by atoms with Gasteiger partial charge in [-0.25, -0.2) is 22.0 Å². The van der Waals surface area contributed by atoms with Gasteiger partial charge < -0.3 is 15.3 Å². The summed E-state index contributed by atoms with van der Waals surface area (Å²) >= 11 is 0. The molecule has 0 fully saturated rings. The first kappa shape index (κ1) is 15.6. The van der Waals surface area contributed by atoms with Crippen LogP contribution in [0.25, 0.3) is 0 Å². The van der Waals surface area contributed by atoms with Gasteiger partial charge in [-0.15, -0.1) is 0 Å². The molecule has 0 saturated heterocycles. The molecule has 1 unspecified atom stereocenters. The maximum absolute atomic E-state index is 13.2. The van der Waals surface area contributed by atoms with Crippen molar-refractivity contribution in [3.8, 4) is 0 Å². The number of nitrogens with one attached hydrogen (secondary N) is 1. The highest BCUT2D eigenvalue weighted by molar-refractivity contribution is 5.47. The van der Waals surface area contributed by atoms with E-state index in [0.717, 1.165) is 0 Å². The topological polar surface area (TPSA) is 35.5 Å². The summed E-state index contributed by atoms with van der Waals surface area (Å²) in [6.07, 6.45) is -1.02. The molecule has 1 aromatic carbocycles. The molecule has 0 aliphatic carbocycles. The summed E-state index contributed by atoms with van der Waals surface area (Å²) in [6.45, 7) is -0.182. The van der Waals surface area contributed by atoms with Gasteiger partial charge in [0.2, 0.25) is 5.82 Å². The lowest BCUT2D eigenvalue weighted by Gasteiger charge is -2.17. The molecule has 3 nitrogen and oxygen atoms in total. The Kier molecular flexibility index (Phi) is 5.07. The number of benzene rings is 1. The van der Waals surface area contributed by atoms with E-state index in [1.54, 1.807) is 19.0 Å². The van der Waals surface area contributed by atoms with E-state index in [9.17, 15) is 27.1 Å². The summed E-state index contributed by atoms with van der Waals surface area (Å²) in [5, 5.41) is 11.5. The lowest BCUT2D eigenvalue weighted by Crippen LogP contribution is -2.32. The van der Waals surface area contributed by atoms with Crippen LogP contribution in [0, 0.1) is 29.1 Å². The van der Waals surface area contributed by atoms with Crippen LogP contribution in [-0.2, 0) is 0 Å². The maximum atomic E-state index is 13.2. The van der Waals surface area contributed by atoms with Gasteiger partial charge in [0, 0.05) is 13.1 Å². The number of anilines is 1. The molecule has 19 heavy (non-hydrogen) atoms. The molecule has 0 bridgehead atoms. The molecule has 0 aliphatic heterocycles. The molecule has 0 saturated carbocycles. The highest BCUT2D eigenvalue weighted by atomic mass is 19.2. The molecule has 0 aliphatic rings. The summed E-state index contributed by atoms with van der Waals surface area (Å²) < 4.78 is 65.0. The molecule has 1 rings (SSSR count). The van der Waals surface area contributed by atoms with Gasteiger partial charge in [-0.3, -0.25) is 0 Å². The van der Waals surface area contributed by atoms with Crippen LogP contribution in [0.4, 0.5) is 27.6 Å². The molecule has 0 radical (unpaired) electrons. The number of rotatable bonds is 5. The Balaban J connectivity index is 2.90. The summed E-state index contributed by atoms with van der Waals surface area (Å²) in [7, 11) is 3.31. The fraction of sp³-hybridized carbons (Fsp3) is 0.455. The fourth-order valence-corrected chi connectivity index (χ4v) is 1.47. The van der Waals surface area contributed by atoms with Crippen LogP contribution in [0.5, 0.6) is 0 Å². The van der Waals surface area contributed by atoms with Crippen LogP contribution >= 0.6 is 0 Å². The molecule has 0 heterocycles. The van der Waals surface area contributed by atoms with Crippen molar-refractivity contribution in [1.82, 2.24) is 4.90 Å².